The van der Waals surface area contributed by atoms with E-state index >= 15 is 0 Å². The van der Waals surface area contributed by atoms with Gasteiger partial charge in [0.25, 0.3) is 0 Å². The highest BCUT2D eigenvalue weighted by molar-refractivity contribution is 5.80. The predicted molar refractivity (Wildman–Crippen MR) is 99.9 cm³/mol. The molecule has 3 aromatic rings. The van der Waals surface area contributed by atoms with Crippen molar-refractivity contribution in [1.29, 1.82) is 0 Å². The predicted octanol–water partition coefficient (Wildman–Crippen LogP) is 3.29. The average Bonchev–Trinajstić information content (AvgIpc) is 3.20. The highest BCUT2D eigenvalue weighted by Gasteiger charge is 2.29. The number of ether oxygens (including phenoxy) is 2. The van der Waals surface area contributed by atoms with Gasteiger partial charge in [-0.05, 0) is 49.7 Å². The second kappa shape index (κ2) is 7.90. The molecule has 0 aliphatic rings. The van der Waals surface area contributed by atoms with Gasteiger partial charge in [-0.25, -0.2) is 0 Å². The number of aromatic nitrogens is 3. The van der Waals surface area contributed by atoms with Crippen LogP contribution in [0.1, 0.15) is 19.4 Å². The van der Waals surface area contributed by atoms with Gasteiger partial charge >= 0.3 is 5.97 Å². The first-order valence-corrected chi connectivity index (χ1v) is 8.52. The first-order chi connectivity index (χ1) is 13.0. The molecule has 3 rings (SSSR count). The second-order valence-corrected chi connectivity index (χ2v) is 6.50. The van der Waals surface area contributed by atoms with Crippen molar-refractivity contribution in [3.63, 3.8) is 0 Å². The molecule has 27 heavy (non-hydrogen) atoms. The molecule has 2 N–H and O–H groups in total. The largest absolute Gasteiger partial charge is 0.490 e. The molecule has 7 heteroatoms. The van der Waals surface area contributed by atoms with Crippen LogP contribution < -0.4 is 9.47 Å². The number of benzene rings is 1. The number of carboxylic acid groups (broad SMARTS) is 1. The summed E-state index contributed by atoms with van der Waals surface area (Å²) in [5.74, 6) is 0.370. The molecule has 2 aromatic heterocycles. The molecular weight excluding hydrogens is 346 g/mol. The summed E-state index contributed by atoms with van der Waals surface area (Å²) in [5, 5.41) is 16.1. The van der Waals surface area contributed by atoms with Gasteiger partial charge in [-0.15, -0.1) is 0 Å². The Kier molecular flexibility index (Phi) is 5.40. The lowest BCUT2D eigenvalue weighted by Crippen LogP contribution is -2.28. The number of aromatic amines is 1. The Bertz CT molecular complexity index is 890. The Morgan fingerprint density at radius 2 is 1.89 bits per heavy atom. The summed E-state index contributed by atoms with van der Waals surface area (Å²) in [6.07, 6.45) is 3.32. The molecule has 0 amide bonds. The second-order valence-electron chi connectivity index (χ2n) is 6.50. The van der Waals surface area contributed by atoms with Gasteiger partial charge in [-0.2, -0.15) is 5.10 Å². The van der Waals surface area contributed by atoms with Crippen LogP contribution in [0.25, 0.3) is 11.4 Å². The highest BCUT2D eigenvalue weighted by Crippen LogP contribution is 2.26. The molecule has 0 radical (unpaired) electrons. The van der Waals surface area contributed by atoms with E-state index in [2.05, 4.69) is 15.2 Å². The maximum absolute atomic E-state index is 11.4. The monoisotopic (exact) mass is 367 g/mol. The minimum Gasteiger partial charge on any atom is -0.490 e. The molecule has 0 aliphatic carbocycles. The van der Waals surface area contributed by atoms with Crippen molar-refractivity contribution in [2.75, 3.05) is 13.2 Å². The van der Waals surface area contributed by atoms with E-state index < -0.39 is 11.4 Å². The third-order valence-electron chi connectivity index (χ3n) is 4.22. The van der Waals surface area contributed by atoms with E-state index in [9.17, 15) is 9.90 Å². The zero-order valence-electron chi connectivity index (χ0n) is 15.2. The van der Waals surface area contributed by atoms with Crippen LogP contribution in [0, 0.1) is 0 Å². The van der Waals surface area contributed by atoms with Crippen molar-refractivity contribution in [1.82, 2.24) is 15.2 Å². The van der Waals surface area contributed by atoms with Gasteiger partial charge in [-0.1, -0.05) is 12.1 Å². The van der Waals surface area contributed by atoms with E-state index in [1.165, 1.54) is 0 Å². The Morgan fingerprint density at radius 1 is 1.11 bits per heavy atom. The fraction of sp³-hybridized carbons (Fsp3) is 0.250. The van der Waals surface area contributed by atoms with Gasteiger partial charge in [-0.3, -0.25) is 14.9 Å². The standard InChI is InChI=1S/C20H21N3O4/c1-20(2,19(24)25)14-4-3-5-15(12-14)26-10-11-27-16-6-7-17(21-13-16)18-8-9-22-23-18/h3-9,12-13H,10-11H2,1-2H3,(H,22,23)(H,24,25). The summed E-state index contributed by atoms with van der Waals surface area (Å²) < 4.78 is 11.3. The Hall–Kier alpha value is -3.35. The highest BCUT2D eigenvalue weighted by atomic mass is 16.5. The molecule has 0 fully saturated rings. The number of hydrogen-bond acceptors (Lipinski definition) is 5. The number of hydrogen-bond donors (Lipinski definition) is 2. The van der Waals surface area contributed by atoms with Crippen LogP contribution in [0.5, 0.6) is 11.5 Å². The number of nitrogens with zero attached hydrogens (tertiary/aromatic N) is 2. The molecule has 1 aromatic carbocycles. The van der Waals surface area contributed by atoms with E-state index in [-0.39, 0.29) is 0 Å². The molecule has 0 saturated heterocycles. The van der Waals surface area contributed by atoms with Crippen LogP contribution >= 0.6 is 0 Å². The maximum Gasteiger partial charge on any atom is 0.313 e. The Labute approximate surface area is 157 Å². The van der Waals surface area contributed by atoms with E-state index in [0.717, 1.165) is 11.4 Å². The molecule has 140 valence electrons. The number of pyridine rings is 1. The number of rotatable bonds is 8. The van der Waals surface area contributed by atoms with Crippen molar-refractivity contribution in [3.05, 3.63) is 60.4 Å². The fourth-order valence-corrected chi connectivity index (χ4v) is 2.44. The summed E-state index contributed by atoms with van der Waals surface area (Å²) >= 11 is 0. The van der Waals surface area contributed by atoms with Gasteiger partial charge in [0, 0.05) is 6.20 Å². The van der Waals surface area contributed by atoms with E-state index in [4.69, 9.17) is 9.47 Å². The minimum atomic E-state index is -0.974. The van der Waals surface area contributed by atoms with E-state index in [1.54, 1.807) is 50.5 Å². The zero-order valence-corrected chi connectivity index (χ0v) is 15.2. The molecular formula is C20H21N3O4. The number of nitrogens with one attached hydrogen (secondary N) is 1. The summed E-state index contributed by atoms with van der Waals surface area (Å²) in [7, 11) is 0. The van der Waals surface area contributed by atoms with Gasteiger partial charge < -0.3 is 14.6 Å². The molecule has 0 spiro atoms. The zero-order chi connectivity index (χ0) is 19.3. The topological polar surface area (TPSA) is 97.3 Å². The Balaban J connectivity index is 1.51. The lowest BCUT2D eigenvalue weighted by molar-refractivity contribution is -0.142. The van der Waals surface area contributed by atoms with Crippen LogP contribution in [-0.2, 0) is 10.2 Å². The molecule has 0 saturated carbocycles. The fourth-order valence-electron chi connectivity index (χ4n) is 2.44. The van der Waals surface area contributed by atoms with Gasteiger partial charge in [0.1, 0.15) is 24.7 Å². The summed E-state index contributed by atoms with van der Waals surface area (Å²) in [4.78, 5) is 15.7. The lowest BCUT2D eigenvalue weighted by atomic mass is 9.85. The molecule has 0 unspecified atom stereocenters. The van der Waals surface area contributed by atoms with Crippen LogP contribution in [0.3, 0.4) is 0 Å². The molecule has 7 nitrogen and oxygen atoms in total. The third kappa shape index (κ3) is 4.44. The van der Waals surface area contributed by atoms with Crippen LogP contribution in [0.2, 0.25) is 0 Å². The van der Waals surface area contributed by atoms with Gasteiger partial charge in [0.15, 0.2) is 0 Å². The maximum atomic E-state index is 11.4. The molecule has 0 bridgehead atoms. The average molecular weight is 367 g/mol. The SMILES string of the molecule is CC(C)(C(=O)O)c1cccc(OCCOc2ccc(-c3ccn[nH]3)nc2)c1. The minimum absolute atomic E-state index is 0.333. The lowest BCUT2D eigenvalue weighted by Gasteiger charge is -2.20. The molecule has 2 heterocycles. The number of H-pyrrole nitrogens is 1. The van der Waals surface area contributed by atoms with Crippen molar-refractivity contribution in [2.24, 2.45) is 0 Å². The normalized spacial score (nSPS) is 11.2. The molecule has 0 aliphatic heterocycles. The van der Waals surface area contributed by atoms with Crippen molar-refractivity contribution in [2.45, 2.75) is 19.3 Å². The third-order valence-corrected chi connectivity index (χ3v) is 4.22. The van der Waals surface area contributed by atoms with Crippen LogP contribution in [-0.4, -0.2) is 39.5 Å². The van der Waals surface area contributed by atoms with Crippen molar-refractivity contribution >= 4 is 5.97 Å². The Morgan fingerprint density at radius 3 is 2.52 bits per heavy atom. The van der Waals surface area contributed by atoms with Gasteiger partial charge in [0.2, 0.25) is 0 Å². The number of carbonyl (C=O) groups is 1. The molecule has 0 atom stereocenters. The first-order valence-electron chi connectivity index (χ1n) is 8.52. The quantitative estimate of drug-likeness (QED) is 0.593. The smallest absolute Gasteiger partial charge is 0.313 e. The van der Waals surface area contributed by atoms with Crippen molar-refractivity contribution < 1.29 is 19.4 Å². The van der Waals surface area contributed by atoms with E-state index in [1.807, 2.05) is 18.2 Å². The van der Waals surface area contributed by atoms with E-state index in [0.29, 0.717) is 30.3 Å². The summed E-state index contributed by atoms with van der Waals surface area (Å²) in [6, 6.07) is 12.6. The van der Waals surface area contributed by atoms with Gasteiger partial charge in [0.05, 0.1) is 23.0 Å². The number of aliphatic carboxylic acids is 1. The first kappa shape index (κ1) is 18.4. The number of carboxylic acids is 1. The summed E-state index contributed by atoms with van der Waals surface area (Å²) in [6.45, 7) is 4.01. The van der Waals surface area contributed by atoms with Crippen LogP contribution in [0.4, 0.5) is 0 Å². The summed E-state index contributed by atoms with van der Waals surface area (Å²) in [5.41, 5.74) is 1.34. The van der Waals surface area contributed by atoms with Crippen molar-refractivity contribution in [3.8, 4) is 22.9 Å². The van der Waals surface area contributed by atoms with Crippen LogP contribution in [0.15, 0.2) is 54.9 Å².